The number of nitrogens with one attached hydrogen (secondary N) is 2. The molecule has 0 saturated carbocycles. The van der Waals surface area contributed by atoms with Crippen LogP contribution in [0.4, 0.5) is 23.3 Å². The standard InChI is InChI=1S/C19H19N5O2/c1-12-8-4-6-10-14(12)20-18-22-16(17(25)26-3)23-19(24-18)21-15-11-7-5-9-13(15)2/h4-11H,1-3H3,(H2,20,21,22,23,24). The summed E-state index contributed by atoms with van der Waals surface area (Å²) in [7, 11) is 1.29. The topological polar surface area (TPSA) is 89.0 Å². The fourth-order valence-corrected chi connectivity index (χ4v) is 2.34. The zero-order chi connectivity index (χ0) is 18.5. The lowest BCUT2D eigenvalue weighted by Gasteiger charge is -2.12. The van der Waals surface area contributed by atoms with E-state index in [1.807, 2.05) is 62.4 Å². The highest BCUT2D eigenvalue weighted by molar-refractivity contribution is 5.86. The Morgan fingerprint density at radius 2 is 1.27 bits per heavy atom. The molecule has 132 valence electrons. The summed E-state index contributed by atoms with van der Waals surface area (Å²) < 4.78 is 4.75. The molecule has 2 N–H and O–H groups in total. The summed E-state index contributed by atoms with van der Waals surface area (Å²) in [6.45, 7) is 3.94. The minimum atomic E-state index is -0.631. The highest BCUT2D eigenvalue weighted by atomic mass is 16.5. The van der Waals surface area contributed by atoms with Gasteiger partial charge in [-0.3, -0.25) is 0 Å². The van der Waals surface area contributed by atoms with Gasteiger partial charge in [-0.05, 0) is 37.1 Å². The van der Waals surface area contributed by atoms with Crippen molar-refractivity contribution in [1.29, 1.82) is 0 Å². The van der Waals surface area contributed by atoms with Gasteiger partial charge in [-0.25, -0.2) is 4.79 Å². The van der Waals surface area contributed by atoms with Crippen molar-refractivity contribution in [3.05, 3.63) is 65.5 Å². The average Bonchev–Trinajstić information content (AvgIpc) is 2.65. The summed E-state index contributed by atoms with van der Waals surface area (Å²) in [5, 5.41) is 6.24. The van der Waals surface area contributed by atoms with E-state index < -0.39 is 5.97 Å². The highest BCUT2D eigenvalue weighted by Gasteiger charge is 2.15. The van der Waals surface area contributed by atoms with Crippen LogP contribution in [0, 0.1) is 13.8 Å². The predicted molar refractivity (Wildman–Crippen MR) is 100 cm³/mol. The molecule has 1 aromatic heterocycles. The zero-order valence-corrected chi connectivity index (χ0v) is 14.8. The van der Waals surface area contributed by atoms with E-state index in [2.05, 4.69) is 25.6 Å². The maximum absolute atomic E-state index is 11.9. The number of aryl methyl sites for hydroxylation is 2. The van der Waals surface area contributed by atoms with Gasteiger partial charge < -0.3 is 15.4 Å². The van der Waals surface area contributed by atoms with Crippen LogP contribution in [0.15, 0.2) is 48.5 Å². The number of hydrogen-bond acceptors (Lipinski definition) is 7. The Morgan fingerprint density at radius 3 is 1.69 bits per heavy atom. The number of ether oxygens (including phenoxy) is 1. The lowest BCUT2D eigenvalue weighted by atomic mass is 10.2. The molecule has 0 fully saturated rings. The van der Waals surface area contributed by atoms with Crippen LogP contribution in [0.2, 0.25) is 0 Å². The first-order valence-electron chi connectivity index (χ1n) is 8.06. The summed E-state index contributed by atoms with van der Waals surface area (Å²) in [5.74, 6) is -0.195. The lowest BCUT2D eigenvalue weighted by Crippen LogP contribution is -2.13. The maximum Gasteiger partial charge on any atom is 0.376 e. The smallest absolute Gasteiger partial charge is 0.376 e. The van der Waals surface area contributed by atoms with Crippen LogP contribution in [0.1, 0.15) is 21.7 Å². The Kier molecular flexibility index (Phi) is 5.07. The molecule has 0 atom stereocenters. The molecule has 7 heteroatoms. The van der Waals surface area contributed by atoms with Crippen molar-refractivity contribution < 1.29 is 9.53 Å². The van der Waals surface area contributed by atoms with Gasteiger partial charge in [-0.1, -0.05) is 36.4 Å². The average molecular weight is 349 g/mol. The van der Waals surface area contributed by atoms with Gasteiger partial charge in [0, 0.05) is 11.4 Å². The first-order chi connectivity index (χ1) is 12.6. The Labute approximate surface area is 151 Å². The third-order valence-corrected chi connectivity index (χ3v) is 3.79. The summed E-state index contributed by atoms with van der Waals surface area (Å²) in [6, 6.07) is 15.5. The molecule has 3 rings (SSSR count). The van der Waals surface area contributed by atoms with Crippen LogP contribution in [0.25, 0.3) is 0 Å². The number of carbonyl (C=O) groups is 1. The van der Waals surface area contributed by atoms with Gasteiger partial charge in [0.05, 0.1) is 7.11 Å². The number of hydrogen-bond donors (Lipinski definition) is 2. The van der Waals surface area contributed by atoms with Crippen LogP contribution in [0.3, 0.4) is 0 Å². The van der Waals surface area contributed by atoms with Gasteiger partial charge in [-0.15, -0.1) is 0 Å². The Bertz CT molecular complexity index is 877. The minimum absolute atomic E-state index is 0.0744. The van der Waals surface area contributed by atoms with Gasteiger partial charge >= 0.3 is 5.97 Å². The predicted octanol–water partition coefficient (Wildman–Crippen LogP) is 3.76. The number of rotatable bonds is 5. The molecular weight excluding hydrogens is 330 g/mol. The van der Waals surface area contributed by atoms with Gasteiger partial charge in [0.2, 0.25) is 17.7 Å². The molecule has 0 saturated heterocycles. The SMILES string of the molecule is COC(=O)c1nc(Nc2ccccc2C)nc(Nc2ccccc2C)n1. The Morgan fingerprint density at radius 1 is 0.808 bits per heavy atom. The third kappa shape index (κ3) is 3.94. The fourth-order valence-electron chi connectivity index (χ4n) is 2.34. The minimum Gasteiger partial charge on any atom is -0.463 e. The summed E-state index contributed by atoms with van der Waals surface area (Å²) in [5.41, 5.74) is 3.75. The molecule has 26 heavy (non-hydrogen) atoms. The monoisotopic (exact) mass is 349 g/mol. The number of nitrogens with zero attached hydrogens (tertiary/aromatic N) is 3. The second kappa shape index (κ2) is 7.60. The van der Waals surface area contributed by atoms with Gasteiger partial charge in [0.25, 0.3) is 0 Å². The van der Waals surface area contributed by atoms with Crippen molar-refractivity contribution in [2.45, 2.75) is 13.8 Å². The van der Waals surface area contributed by atoms with Crippen molar-refractivity contribution in [3.63, 3.8) is 0 Å². The Hall–Kier alpha value is -3.48. The molecule has 0 radical (unpaired) electrons. The number of benzene rings is 2. The number of para-hydroxylation sites is 2. The first kappa shape index (κ1) is 17.3. The van der Waals surface area contributed by atoms with Crippen molar-refractivity contribution in [1.82, 2.24) is 15.0 Å². The molecular formula is C19H19N5O2. The quantitative estimate of drug-likeness (QED) is 0.678. The van der Waals surface area contributed by atoms with Crippen LogP contribution in [-0.4, -0.2) is 28.0 Å². The van der Waals surface area contributed by atoms with E-state index in [9.17, 15) is 4.79 Å². The van der Waals surface area contributed by atoms with E-state index in [4.69, 9.17) is 4.74 Å². The fraction of sp³-hybridized carbons (Fsp3) is 0.158. The third-order valence-electron chi connectivity index (χ3n) is 3.79. The van der Waals surface area contributed by atoms with Crippen LogP contribution < -0.4 is 10.6 Å². The van der Waals surface area contributed by atoms with E-state index in [1.54, 1.807) is 0 Å². The molecule has 0 unspecified atom stereocenters. The lowest BCUT2D eigenvalue weighted by molar-refractivity contribution is 0.0586. The number of aromatic nitrogens is 3. The number of anilines is 4. The van der Waals surface area contributed by atoms with Crippen molar-refractivity contribution in [2.75, 3.05) is 17.7 Å². The normalized spacial score (nSPS) is 10.3. The van der Waals surface area contributed by atoms with E-state index >= 15 is 0 Å². The highest BCUT2D eigenvalue weighted by Crippen LogP contribution is 2.21. The molecule has 7 nitrogen and oxygen atoms in total. The van der Waals surface area contributed by atoms with Crippen LogP contribution >= 0.6 is 0 Å². The van der Waals surface area contributed by atoms with Crippen molar-refractivity contribution >= 4 is 29.2 Å². The molecule has 0 amide bonds. The molecule has 3 aromatic rings. The van der Waals surface area contributed by atoms with E-state index in [1.165, 1.54) is 7.11 Å². The molecule has 0 spiro atoms. The van der Waals surface area contributed by atoms with Gasteiger partial charge in [0.15, 0.2) is 0 Å². The van der Waals surface area contributed by atoms with Gasteiger partial charge in [0.1, 0.15) is 0 Å². The van der Waals surface area contributed by atoms with Crippen LogP contribution in [0.5, 0.6) is 0 Å². The number of esters is 1. The molecule has 0 bridgehead atoms. The number of carbonyl (C=O) groups excluding carboxylic acids is 1. The zero-order valence-electron chi connectivity index (χ0n) is 14.8. The maximum atomic E-state index is 11.9. The Balaban J connectivity index is 1.97. The van der Waals surface area contributed by atoms with Gasteiger partial charge in [-0.2, -0.15) is 15.0 Å². The van der Waals surface area contributed by atoms with Crippen molar-refractivity contribution in [3.8, 4) is 0 Å². The first-order valence-corrected chi connectivity index (χ1v) is 8.06. The number of methoxy groups -OCH3 is 1. The molecule has 0 aliphatic rings. The molecule has 0 aliphatic carbocycles. The summed E-state index contributed by atoms with van der Waals surface area (Å²) in [4.78, 5) is 24.6. The van der Waals surface area contributed by atoms with E-state index in [0.29, 0.717) is 0 Å². The summed E-state index contributed by atoms with van der Waals surface area (Å²) in [6.07, 6.45) is 0. The van der Waals surface area contributed by atoms with E-state index in [-0.39, 0.29) is 17.7 Å². The van der Waals surface area contributed by atoms with E-state index in [0.717, 1.165) is 22.5 Å². The molecule has 0 aliphatic heterocycles. The second-order valence-corrected chi connectivity index (χ2v) is 5.68. The molecule has 2 aromatic carbocycles. The van der Waals surface area contributed by atoms with Crippen molar-refractivity contribution in [2.24, 2.45) is 0 Å². The largest absolute Gasteiger partial charge is 0.463 e. The second-order valence-electron chi connectivity index (χ2n) is 5.68. The van der Waals surface area contributed by atoms with Crippen LogP contribution in [-0.2, 0) is 4.74 Å². The molecule has 1 heterocycles. The summed E-state index contributed by atoms with van der Waals surface area (Å²) >= 11 is 0.